The van der Waals surface area contributed by atoms with Crippen molar-refractivity contribution in [3.05, 3.63) is 35.4 Å². The number of halogens is 3. The van der Waals surface area contributed by atoms with E-state index in [-0.39, 0.29) is 17.9 Å². The first-order chi connectivity index (χ1) is 7.91. The largest absolute Gasteiger partial charge is 0.416 e. The van der Waals surface area contributed by atoms with E-state index in [0.29, 0.717) is 5.56 Å². The number of hydrogen-bond donors (Lipinski definition) is 1. The van der Waals surface area contributed by atoms with Gasteiger partial charge < -0.3 is 5.73 Å². The predicted molar refractivity (Wildman–Crippen MR) is 60.6 cm³/mol. The van der Waals surface area contributed by atoms with Crippen LogP contribution in [-0.2, 0) is 6.18 Å². The molecule has 0 amide bonds. The first-order valence-corrected chi connectivity index (χ1v) is 5.83. The summed E-state index contributed by atoms with van der Waals surface area (Å²) in [5, 5.41) is 0. The molecule has 1 aromatic carbocycles. The van der Waals surface area contributed by atoms with Crippen LogP contribution in [0.3, 0.4) is 0 Å². The molecule has 1 saturated carbocycles. The van der Waals surface area contributed by atoms with Gasteiger partial charge in [-0.2, -0.15) is 13.2 Å². The molecule has 0 aromatic heterocycles. The lowest BCUT2D eigenvalue weighted by Crippen LogP contribution is -2.25. The highest BCUT2D eigenvalue weighted by Crippen LogP contribution is 2.43. The maximum atomic E-state index is 12.9. The van der Waals surface area contributed by atoms with Crippen molar-refractivity contribution in [1.29, 1.82) is 0 Å². The molecule has 2 rings (SSSR count). The summed E-state index contributed by atoms with van der Waals surface area (Å²) in [6.07, 6.45) is -2.73. The van der Waals surface area contributed by atoms with Crippen LogP contribution in [0.1, 0.15) is 36.8 Å². The Morgan fingerprint density at radius 2 is 1.82 bits per heavy atom. The van der Waals surface area contributed by atoms with Gasteiger partial charge in [0.05, 0.1) is 5.56 Å². The average Bonchev–Trinajstić information content (AvgIpc) is 2.59. The Kier molecular flexibility index (Phi) is 3.17. The molecule has 0 spiro atoms. The van der Waals surface area contributed by atoms with Gasteiger partial charge in [-0.15, -0.1) is 0 Å². The molecule has 0 radical (unpaired) electrons. The van der Waals surface area contributed by atoms with E-state index in [1.54, 1.807) is 12.1 Å². The number of nitrogens with two attached hydrogens (primary N) is 1. The van der Waals surface area contributed by atoms with E-state index < -0.39 is 11.7 Å². The third-order valence-electron chi connectivity index (χ3n) is 3.79. The molecule has 1 aliphatic rings. The summed E-state index contributed by atoms with van der Waals surface area (Å²) in [4.78, 5) is 0. The van der Waals surface area contributed by atoms with Gasteiger partial charge in [-0.1, -0.05) is 25.1 Å². The molecule has 94 valence electrons. The molecule has 3 unspecified atom stereocenters. The molecule has 1 nitrogen and oxygen atoms in total. The van der Waals surface area contributed by atoms with E-state index in [0.717, 1.165) is 18.9 Å². The molecular weight excluding hydrogens is 227 g/mol. The van der Waals surface area contributed by atoms with Gasteiger partial charge in [0.2, 0.25) is 0 Å². The minimum Gasteiger partial charge on any atom is -0.327 e. The molecule has 0 saturated heterocycles. The van der Waals surface area contributed by atoms with Gasteiger partial charge in [-0.25, -0.2) is 0 Å². The Bertz CT molecular complexity index is 400. The molecular formula is C13H16F3N. The predicted octanol–water partition coefficient (Wildman–Crippen LogP) is 3.55. The van der Waals surface area contributed by atoms with Crippen molar-refractivity contribution in [2.45, 2.75) is 37.9 Å². The van der Waals surface area contributed by atoms with E-state index in [2.05, 4.69) is 0 Å². The van der Waals surface area contributed by atoms with Gasteiger partial charge in [0.1, 0.15) is 0 Å². The van der Waals surface area contributed by atoms with Crippen LogP contribution in [-0.4, -0.2) is 6.04 Å². The third kappa shape index (κ3) is 2.32. The molecule has 1 aromatic rings. The summed E-state index contributed by atoms with van der Waals surface area (Å²) in [7, 11) is 0. The smallest absolute Gasteiger partial charge is 0.327 e. The fourth-order valence-corrected chi connectivity index (χ4v) is 2.71. The fraction of sp³-hybridized carbons (Fsp3) is 0.538. The van der Waals surface area contributed by atoms with E-state index in [9.17, 15) is 13.2 Å². The topological polar surface area (TPSA) is 26.0 Å². The summed E-state index contributed by atoms with van der Waals surface area (Å²) < 4.78 is 38.7. The van der Waals surface area contributed by atoms with Gasteiger partial charge >= 0.3 is 6.18 Å². The number of rotatable bonds is 1. The van der Waals surface area contributed by atoms with Crippen LogP contribution < -0.4 is 5.73 Å². The second-order valence-electron chi connectivity index (χ2n) is 4.79. The summed E-state index contributed by atoms with van der Waals surface area (Å²) in [5.74, 6) is 0.0429. The van der Waals surface area contributed by atoms with E-state index in [1.165, 1.54) is 6.07 Å². The zero-order chi connectivity index (χ0) is 12.6. The number of alkyl halides is 3. The van der Waals surface area contributed by atoms with E-state index in [4.69, 9.17) is 5.73 Å². The summed E-state index contributed by atoms with van der Waals surface area (Å²) in [6, 6.07) is 5.86. The van der Waals surface area contributed by atoms with Crippen molar-refractivity contribution in [3.63, 3.8) is 0 Å². The number of hydrogen-bond acceptors (Lipinski definition) is 1. The lowest BCUT2D eigenvalue weighted by atomic mass is 9.86. The van der Waals surface area contributed by atoms with Crippen LogP contribution in [0.4, 0.5) is 13.2 Å². The van der Waals surface area contributed by atoms with Crippen LogP contribution >= 0.6 is 0 Å². The van der Waals surface area contributed by atoms with Crippen LogP contribution in [0.2, 0.25) is 0 Å². The Morgan fingerprint density at radius 1 is 1.18 bits per heavy atom. The molecule has 1 aliphatic carbocycles. The zero-order valence-electron chi connectivity index (χ0n) is 9.67. The highest BCUT2D eigenvalue weighted by molar-refractivity contribution is 5.34. The second kappa shape index (κ2) is 4.33. The van der Waals surface area contributed by atoms with E-state index >= 15 is 0 Å². The molecule has 0 bridgehead atoms. The minimum absolute atomic E-state index is 0.0151. The summed E-state index contributed by atoms with van der Waals surface area (Å²) in [5.41, 5.74) is 5.78. The van der Waals surface area contributed by atoms with Crippen molar-refractivity contribution in [3.8, 4) is 0 Å². The molecule has 4 heteroatoms. The van der Waals surface area contributed by atoms with Gasteiger partial charge in [-0.05, 0) is 36.3 Å². The standard InChI is InChI=1S/C13H16F3N/c1-8-9(6-7-12(8)17)10-4-2-3-5-11(10)13(14,15)16/h2-5,8-9,12H,6-7,17H2,1H3. The maximum Gasteiger partial charge on any atom is 0.416 e. The first kappa shape index (κ1) is 12.4. The Balaban J connectivity index is 2.39. The quantitative estimate of drug-likeness (QED) is 0.802. The van der Waals surface area contributed by atoms with Crippen LogP contribution in [0.25, 0.3) is 0 Å². The SMILES string of the molecule is CC1C(N)CCC1c1ccccc1C(F)(F)F. The molecule has 17 heavy (non-hydrogen) atoms. The lowest BCUT2D eigenvalue weighted by molar-refractivity contribution is -0.138. The average molecular weight is 243 g/mol. The maximum absolute atomic E-state index is 12.9. The molecule has 0 aliphatic heterocycles. The molecule has 2 N–H and O–H groups in total. The molecule has 3 atom stereocenters. The first-order valence-electron chi connectivity index (χ1n) is 5.83. The Morgan fingerprint density at radius 3 is 2.35 bits per heavy atom. The van der Waals surface area contributed by atoms with Crippen molar-refractivity contribution in [1.82, 2.24) is 0 Å². The van der Waals surface area contributed by atoms with Crippen LogP contribution in [0.5, 0.6) is 0 Å². The zero-order valence-corrected chi connectivity index (χ0v) is 9.67. The summed E-state index contributed by atoms with van der Waals surface area (Å²) >= 11 is 0. The molecule has 0 heterocycles. The number of benzene rings is 1. The summed E-state index contributed by atoms with van der Waals surface area (Å²) in [6.45, 7) is 1.94. The Labute approximate surface area is 98.8 Å². The van der Waals surface area contributed by atoms with Crippen molar-refractivity contribution in [2.24, 2.45) is 11.7 Å². The fourth-order valence-electron chi connectivity index (χ4n) is 2.71. The van der Waals surface area contributed by atoms with Crippen LogP contribution in [0.15, 0.2) is 24.3 Å². The Hall–Kier alpha value is -1.03. The van der Waals surface area contributed by atoms with Crippen molar-refractivity contribution in [2.75, 3.05) is 0 Å². The van der Waals surface area contributed by atoms with Gasteiger partial charge in [0.15, 0.2) is 0 Å². The highest BCUT2D eigenvalue weighted by Gasteiger charge is 2.39. The van der Waals surface area contributed by atoms with Crippen molar-refractivity contribution >= 4 is 0 Å². The molecule has 1 fully saturated rings. The monoisotopic (exact) mass is 243 g/mol. The van der Waals surface area contributed by atoms with E-state index in [1.807, 2.05) is 6.92 Å². The van der Waals surface area contributed by atoms with Gasteiger partial charge in [0, 0.05) is 6.04 Å². The van der Waals surface area contributed by atoms with Crippen molar-refractivity contribution < 1.29 is 13.2 Å². The second-order valence-corrected chi connectivity index (χ2v) is 4.79. The third-order valence-corrected chi connectivity index (χ3v) is 3.79. The van der Waals surface area contributed by atoms with Gasteiger partial charge in [-0.3, -0.25) is 0 Å². The highest BCUT2D eigenvalue weighted by atomic mass is 19.4. The lowest BCUT2D eigenvalue weighted by Gasteiger charge is -2.22. The van der Waals surface area contributed by atoms with Gasteiger partial charge in [0.25, 0.3) is 0 Å². The van der Waals surface area contributed by atoms with Crippen LogP contribution in [0, 0.1) is 5.92 Å². The normalized spacial score (nSPS) is 29.6. The minimum atomic E-state index is -4.27.